The van der Waals surface area contributed by atoms with E-state index in [1.54, 1.807) is 0 Å². The second kappa shape index (κ2) is 3.72. The van der Waals surface area contributed by atoms with Crippen molar-refractivity contribution < 1.29 is 0 Å². The van der Waals surface area contributed by atoms with Crippen molar-refractivity contribution in [3.63, 3.8) is 0 Å². The Morgan fingerprint density at radius 3 is 2.81 bits per heavy atom. The van der Waals surface area contributed by atoms with Crippen molar-refractivity contribution >= 4 is 0 Å². The van der Waals surface area contributed by atoms with Gasteiger partial charge in [-0.05, 0) is 29.2 Å². The highest BCUT2D eigenvalue weighted by Crippen LogP contribution is 2.34. The first-order valence-corrected chi connectivity index (χ1v) is 5.62. The van der Waals surface area contributed by atoms with E-state index in [9.17, 15) is 0 Å². The Hall–Kier alpha value is -1.67. The highest BCUT2D eigenvalue weighted by molar-refractivity contribution is 5.46. The fourth-order valence-electron chi connectivity index (χ4n) is 2.54. The van der Waals surface area contributed by atoms with E-state index in [0.717, 1.165) is 12.1 Å². The normalized spacial score (nSPS) is 17.7. The molecule has 0 saturated carbocycles. The molecule has 0 aliphatic heterocycles. The van der Waals surface area contributed by atoms with Gasteiger partial charge in [-0.25, -0.2) is 0 Å². The summed E-state index contributed by atoms with van der Waals surface area (Å²) in [5.41, 5.74) is 11.1. The zero-order valence-corrected chi connectivity index (χ0v) is 9.06. The lowest BCUT2D eigenvalue weighted by Crippen LogP contribution is -2.22. The molecule has 1 aliphatic carbocycles. The molecule has 1 aromatic carbocycles. The summed E-state index contributed by atoms with van der Waals surface area (Å²) in [5, 5.41) is 0. The van der Waals surface area contributed by atoms with Crippen LogP contribution in [0.25, 0.3) is 0 Å². The predicted octanol–water partition coefficient (Wildman–Crippen LogP) is 2.08. The van der Waals surface area contributed by atoms with Gasteiger partial charge in [-0.15, -0.1) is 0 Å². The summed E-state index contributed by atoms with van der Waals surface area (Å²) in [6.45, 7) is 0.626. The van der Waals surface area contributed by atoms with E-state index in [0.29, 0.717) is 6.54 Å². The van der Waals surface area contributed by atoms with Crippen LogP contribution < -0.4 is 5.73 Å². The van der Waals surface area contributed by atoms with Crippen molar-refractivity contribution in [1.29, 1.82) is 0 Å². The molecule has 16 heavy (non-hydrogen) atoms. The van der Waals surface area contributed by atoms with Crippen LogP contribution in [-0.4, -0.2) is 11.5 Å². The summed E-state index contributed by atoms with van der Waals surface area (Å²) >= 11 is 0. The molecule has 1 atom stereocenters. The van der Waals surface area contributed by atoms with E-state index in [4.69, 9.17) is 5.73 Å². The molecule has 2 nitrogen and oxygen atoms in total. The average Bonchev–Trinajstić information content (AvgIpc) is 2.36. The molecule has 0 radical (unpaired) electrons. The fraction of sp³-hybridized carbons (Fsp3) is 0.214. The molecular formula is C14H14N2. The average molecular weight is 210 g/mol. The molecule has 0 saturated heterocycles. The summed E-state index contributed by atoms with van der Waals surface area (Å²) in [6.07, 6.45) is 2.84. The highest BCUT2D eigenvalue weighted by Gasteiger charge is 2.24. The van der Waals surface area contributed by atoms with Crippen LogP contribution in [-0.2, 0) is 6.42 Å². The molecule has 80 valence electrons. The first-order chi connectivity index (χ1) is 7.90. The van der Waals surface area contributed by atoms with Gasteiger partial charge in [0.25, 0.3) is 0 Å². The molecule has 3 rings (SSSR count). The van der Waals surface area contributed by atoms with Crippen LogP contribution in [0.1, 0.15) is 28.3 Å². The first kappa shape index (κ1) is 9.55. The van der Waals surface area contributed by atoms with Gasteiger partial charge in [-0.3, -0.25) is 4.98 Å². The van der Waals surface area contributed by atoms with Crippen LogP contribution in [0.15, 0.2) is 42.6 Å². The van der Waals surface area contributed by atoms with Gasteiger partial charge in [0, 0.05) is 18.7 Å². The minimum atomic E-state index is 0.265. The predicted molar refractivity (Wildman–Crippen MR) is 64.4 cm³/mol. The third kappa shape index (κ3) is 1.34. The zero-order valence-electron chi connectivity index (χ0n) is 9.06. The Kier molecular flexibility index (Phi) is 2.22. The minimum absolute atomic E-state index is 0.265. The van der Waals surface area contributed by atoms with E-state index in [1.807, 2.05) is 12.3 Å². The SMILES string of the molecule is NCC1c2ccccc2Cc2cccnc21. The third-order valence-corrected chi connectivity index (χ3v) is 3.30. The third-order valence-electron chi connectivity index (χ3n) is 3.30. The van der Waals surface area contributed by atoms with Gasteiger partial charge in [-0.1, -0.05) is 30.3 Å². The number of fused-ring (bicyclic) bond motifs is 2. The smallest absolute Gasteiger partial charge is 0.0526 e. The molecule has 1 heterocycles. The van der Waals surface area contributed by atoms with Crippen molar-refractivity contribution in [3.05, 3.63) is 65.0 Å². The van der Waals surface area contributed by atoms with E-state index in [2.05, 4.69) is 35.3 Å². The van der Waals surface area contributed by atoms with Crippen molar-refractivity contribution in [2.24, 2.45) is 5.73 Å². The van der Waals surface area contributed by atoms with E-state index in [1.165, 1.54) is 16.7 Å². The van der Waals surface area contributed by atoms with Gasteiger partial charge >= 0.3 is 0 Å². The van der Waals surface area contributed by atoms with E-state index < -0.39 is 0 Å². The Morgan fingerprint density at radius 1 is 1.12 bits per heavy atom. The van der Waals surface area contributed by atoms with Crippen molar-refractivity contribution in [2.45, 2.75) is 12.3 Å². The molecule has 2 heteroatoms. The molecule has 2 N–H and O–H groups in total. The number of pyridine rings is 1. The van der Waals surface area contributed by atoms with Gasteiger partial charge < -0.3 is 5.73 Å². The largest absolute Gasteiger partial charge is 0.329 e. The van der Waals surface area contributed by atoms with Gasteiger partial charge in [0.2, 0.25) is 0 Å². The maximum absolute atomic E-state index is 5.89. The fourth-order valence-corrected chi connectivity index (χ4v) is 2.54. The van der Waals surface area contributed by atoms with Gasteiger partial charge in [0.05, 0.1) is 5.69 Å². The van der Waals surface area contributed by atoms with Crippen LogP contribution in [0.4, 0.5) is 0 Å². The van der Waals surface area contributed by atoms with Gasteiger partial charge in [0.15, 0.2) is 0 Å². The van der Waals surface area contributed by atoms with Gasteiger partial charge in [0.1, 0.15) is 0 Å². The maximum atomic E-state index is 5.89. The lowest BCUT2D eigenvalue weighted by molar-refractivity contribution is 0.742. The zero-order chi connectivity index (χ0) is 11.0. The molecule has 0 spiro atoms. The highest BCUT2D eigenvalue weighted by atomic mass is 14.7. The number of nitrogens with zero attached hydrogens (tertiary/aromatic N) is 1. The first-order valence-electron chi connectivity index (χ1n) is 5.62. The molecule has 0 bridgehead atoms. The molecule has 2 aromatic rings. The molecule has 0 amide bonds. The summed E-state index contributed by atoms with van der Waals surface area (Å²) < 4.78 is 0. The van der Waals surface area contributed by atoms with Crippen molar-refractivity contribution in [1.82, 2.24) is 4.98 Å². The van der Waals surface area contributed by atoms with Crippen molar-refractivity contribution in [2.75, 3.05) is 6.54 Å². The van der Waals surface area contributed by atoms with Crippen LogP contribution in [0, 0.1) is 0 Å². The lowest BCUT2D eigenvalue weighted by atomic mass is 9.81. The topological polar surface area (TPSA) is 38.9 Å². The Balaban J connectivity index is 2.19. The number of rotatable bonds is 1. The number of nitrogens with two attached hydrogens (primary N) is 1. The molecule has 1 aromatic heterocycles. The summed E-state index contributed by atoms with van der Waals surface area (Å²) in [7, 11) is 0. The number of aromatic nitrogens is 1. The quantitative estimate of drug-likeness (QED) is 0.782. The number of hydrogen-bond donors (Lipinski definition) is 1. The van der Waals surface area contributed by atoms with Crippen LogP contribution >= 0.6 is 0 Å². The van der Waals surface area contributed by atoms with Crippen molar-refractivity contribution in [3.8, 4) is 0 Å². The lowest BCUT2D eigenvalue weighted by Gasteiger charge is -2.26. The van der Waals surface area contributed by atoms with Crippen LogP contribution in [0.3, 0.4) is 0 Å². The summed E-state index contributed by atoms with van der Waals surface area (Å²) in [4.78, 5) is 4.49. The Bertz CT molecular complexity index is 474. The van der Waals surface area contributed by atoms with E-state index in [-0.39, 0.29) is 5.92 Å². The maximum Gasteiger partial charge on any atom is 0.0526 e. The van der Waals surface area contributed by atoms with E-state index >= 15 is 0 Å². The molecule has 0 fully saturated rings. The second-order valence-corrected chi connectivity index (χ2v) is 4.21. The Morgan fingerprint density at radius 2 is 1.94 bits per heavy atom. The Labute approximate surface area is 95.1 Å². The standard InChI is InChI=1S/C14H14N2/c15-9-13-12-6-2-1-4-10(12)8-11-5-3-7-16-14(11)13/h1-7,13H,8-9,15H2. The summed E-state index contributed by atoms with van der Waals surface area (Å²) in [5.74, 6) is 0.265. The number of benzene rings is 1. The minimum Gasteiger partial charge on any atom is -0.329 e. The monoisotopic (exact) mass is 210 g/mol. The summed E-state index contributed by atoms with van der Waals surface area (Å²) in [6, 6.07) is 12.7. The number of hydrogen-bond acceptors (Lipinski definition) is 2. The van der Waals surface area contributed by atoms with Crippen LogP contribution in [0.5, 0.6) is 0 Å². The van der Waals surface area contributed by atoms with Crippen LogP contribution in [0.2, 0.25) is 0 Å². The molecule has 1 unspecified atom stereocenters. The molecule has 1 aliphatic rings. The van der Waals surface area contributed by atoms with Gasteiger partial charge in [-0.2, -0.15) is 0 Å². The molecular weight excluding hydrogens is 196 g/mol. The second-order valence-electron chi connectivity index (χ2n) is 4.21.